The number of esters is 2. The standard InChI is InChI=1S/C32H22O5/c33-30-28(24-18-16-23(17-19-24)22-10-4-1-5-11-22)20-27(36-31(34)25-12-6-2-7-13-25)21-29(30)37-32(35)26-14-8-3-9-15-26/h1-21,33H. The normalized spacial score (nSPS) is 10.5. The molecule has 0 unspecified atom stereocenters. The van der Waals surface area contributed by atoms with E-state index in [4.69, 9.17) is 9.47 Å². The SMILES string of the molecule is O=C(Oc1cc(OC(=O)c2ccccc2)c(O)c(-c2ccc(-c3ccccc3)cc2)c1)c1ccccc1. The van der Waals surface area contributed by atoms with Gasteiger partial charge in [-0.2, -0.15) is 0 Å². The first-order chi connectivity index (χ1) is 18.1. The van der Waals surface area contributed by atoms with E-state index in [1.165, 1.54) is 6.07 Å². The first-order valence-corrected chi connectivity index (χ1v) is 11.7. The zero-order valence-corrected chi connectivity index (χ0v) is 19.7. The number of rotatable bonds is 6. The molecule has 5 nitrogen and oxygen atoms in total. The molecular weight excluding hydrogens is 464 g/mol. The average molecular weight is 487 g/mol. The molecule has 0 aliphatic heterocycles. The molecule has 0 heterocycles. The minimum absolute atomic E-state index is 0.116. The van der Waals surface area contributed by atoms with E-state index in [1.54, 1.807) is 66.7 Å². The number of ether oxygens (including phenoxy) is 2. The molecule has 0 saturated heterocycles. The molecule has 0 bridgehead atoms. The molecule has 0 amide bonds. The third kappa shape index (κ3) is 5.41. The van der Waals surface area contributed by atoms with Crippen LogP contribution in [0.15, 0.2) is 127 Å². The van der Waals surface area contributed by atoms with Crippen molar-refractivity contribution in [2.24, 2.45) is 0 Å². The molecule has 5 rings (SSSR count). The van der Waals surface area contributed by atoms with E-state index < -0.39 is 11.9 Å². The maximum absolute atomic E-state index is 12.7. The summed E-state index contributed by atoms with van der Waals surface area (Å²) in [5.74, 6) is -1.44. The van der Waals surface area contributed by atoms with Crippen molar-refractivity contribution < 1.29 is 24.2 Å². The highest BCUT2D eigenvalue weighted by Gasteiger charge is 2.19. The topological polar surface area (TPSA) is 72.8 Å². The Balaban J connectivity index is 1.52. The molecule has 5 aromatic rings. The van der Waals surface area contributed by atoms with E-state index in [0.29, 0.717) is 22.3 Å². The van der Waals surface area contributed by atoms with Gasteiger partial charge in [-0.15, -0.1) is 0 Å². The van der Waals surface area contributed by atoms with E-state index in [2.05, 4.69) is 0 Å². The second-order valence-corrected chi connectivity index (χ2v) is 8.27. The van der Waals surface area contributed by atoms with E-state index >= 15 is 0 Å². The van der Waals surface area contributed by atoms with E-state index in [1.807, 2.05) is 54.6 Å². The van der Waals surface area contributed by atoms with Crippen LogP contribution < -0.4 is 9.47 Å². The van der Waals surface area contributed by atoms with Gasteiger partial charge in [0.1, 0.15) is 5.75 Å². The highest BCUT2D eigenvalue weighted by atomic mass is 16.5. The lowest BCUT2D eigenvalue weighted by molar-refractivity contribution is 0.0728. The third-order valence-electron chi connectivity index (χ3n) is 5.78. The van der Waals surface area contributed by atoms with Gasteiger partial charge in [0, 0.05) is 11.6 Å². The monoisotopic (exact) mass is 486 g/mol. The van der Waals surface area contributed by atoms with Gasteiger partial charge >= 0.3 is 11.9 Å². The van der Waals surface area contributed by atoms with Crippen LogP contribution in [-0.2, 0) is 0 Å². The predicted molar refractivity (Wildman–Crippen MR) is 142 cm³/mol. The highest BCUT2D eigenvalue weighted by molar-refractivity contribution is 5.93. The maximum Gasteiger partial charge on any atom is 0.343 e. The Morgan fingerprint density at radius 3 is 1.54 bits per heavy atom. The van der Waals surface area contributed by atoms with Gasteiger partial charge in [0.15, 0.2) is 11.5 Å². The van der Waals surface area contributed by atoms with Crippen LogP contribution in [0.4, 0.5) is 0 Å². The molecule has 0 spiro atoms. The Kier molecular flexibility index (Phi) is 6.77. The molecule has 0 aliphatic carbocycles. The summed E-state index contributed by atoms with van der Waals surface area (Å²) >= 11 is 0. The van der Waals surface area contributed by atoms with Gasteiger partial charge in [-0.25, -0.2) is 9.59 Å². The van der Waals surface area contributed by atoms with E-state index in [0.717, 1.165) is 11.1 Å². The first-order valence-electron chi connectivity index (χ1n) is 11.7. The number of phenolic OH excluding ortho intramolecular Hbond substituents is 1. The van der Waals surface area contributed by atoms with Crippen LogP contribution in [0.3, 0.4) is 0 Å². The Morgan fingerprint density at radius 1 is 0.514 bits per heavy atom. The lowest BCUT2D eigenvalue weighted by atomic mass is 9.99. The summed E-state index contributed by atoms with van der Waals surface area (Å²) in [7, 11) is 0. The molecule has 1 N–H and O–H groups in total. The predicted octanol–water partition coefficient (Wildman–Crippen LogP) is 7.16. The van der Waals surface area contributed by atoms with Crippen LogP contribution in [0.1, 0.15) is 20.7 Å². The minimum Gasteiger partial charge on any atom is -0.504 e. The second kappa shape index (κ2) is 10.6. The number of hydrogen-bond acceptors (Lipinski definition) is 5. The first kappa shape index (κ1) is 23.6. The van der Waals surface area contributed by atoms with Crippen LogP contribution in [-0.4, -0.2) is 17.0 Å². The number of carbonyl (C=O) groups excluding carboxylic acids is 2. The molecule has 0 fully saturated rings. The van der Waals surface area contributed by atoms with Crippen molar-refractivity contribution in [2.75, 3.05) is 0 Å². The van der Waals surface area contributed by atoms with Crippen molar-refractivity contribution in [2.45, 2.75) is 0 Å². The molecule has 0 atom stereocenters. The van der Waals surface area contributed by atoms with Crippen molar-refractivity contribution in [3.63, 3.8) is 0 Å². The molecular formula is C32H22O5. The fraction of sp³-hybridized carbons (Fsp3) is 0. The molecule has 0 saturated carbocycles. The summed E-state index contributed by atoms with van der Waals surface area (Å²) in [5, 5.41) is 11.1. The van der Waals surface area contributed by atoms with E-state index in [-0.39, 0.29) is 17.2 Å². The summed E-state index contributed by atoms with van der Waals surface area (Å²) in [6, 6.07) is 37.4. The Bertz CT molecular complexity index is 1530. The van der Waals surface area contributed by atoms with Gasteiger partial charge in [-0.05, 0) is 47.0 Å². The van der Waals surface area contributed by atoms with E-state index in [9.17, 15) is 14.7 Å². The van der Waals surface area contributed by atoms with Gasteiger partial charge in [0.05, 0.1) is 11.1 Å². The maximum atomic E-state index is 12.7. The quantitative estimate of drug-likeness (QED) is 0.204. The average Bonchev–Trinajstić information content (AvgIpc) is 2.96. The van der Waals surface area contributed by atoms with Crippen molar-refractivity contribution in [3.8, 4) is 39.5 Å². The van der Waals surface area contributed by atoms with Crippen LogP contribution in [0.2, 0.25) is 0 Å². The summed E-state index contributed by atoms with van der Waals surface area (Å²) in [5.41, 5.74) is 3.77. The molecule has 180 valence electrons. The number of phenols is 1. The summed E-state index contributed by atoms with van der Waals surface area (Å²) < 4.78 is 11.1. The molecule has 5 aromatic carbocycles. The Morgan fingerprint density at radius 2 is 0.973 bits per heavy atom. The number of aromatic hydroxyl groups is 1. The van der Waals surface area contributed by atoms with Crippen molar-refractivity contribution in [1.82, 2.24) is 0 Å². The van der Waals surface area contributed by atoms with Crippen molar-refractivity contribution in [3.05, 3.63) is 139 Å². The second-order valence-electron chi connectivity index (χ2n) is 8.27. The Hall–Kier alpha value is -5.16. The lowest BCUT2D eigenvalue weighted by Crippen LogP contribution is -2.10. The summed E-state index contributed by atoms with van der Waals surface area (Å²) in [4.78, 5) is 25.4. The third-order valence-corrected chi connectivity index (χ3v) is 5.78. The fourth-order valence-electron chi connectivity index (χ4n) is 3.89. The van der Waals surface area contributed by atoms with Crippen LogP contribution in [0.5, 0.6) is 17.2 Å². The molecule has 5 heteroatoms. The fourth-order valence-corrected chi connectivity index (χ4v) is 3.89. The molecule has 0 radical (unpaired) electrons. The summed E-state index contributed by atoms with van der Waals surface area (Å²) in [6.45, 7) is 0. The van der Waals surface area contributed by atoms with Crippen molar-refractivity contribution >= 4 is 11.9 Å². The zero-order chi connectivity index (χ0) is 25.6. The minimum atomic E-state index is -0.646. The molecule has 0 aromatic heterocycles. The molecule has 0 aliphatic rings. The highest BCUT2D eigenvalue weighted by Crippen LogP contribution is 2.42. The van der Waals surface area contributed by atoms with Crippen LogP contribution in [0, 0.1) is 0 Å². The Labute approximate surface area is 214 Å². The van der Waals surface area contributed by atoms with Crippen LogP contribution >= 0.6 is 0 Å². The smallest absolute Gasteiger partial charge is 0.343 e. The van der Waals surface area contributed by atoms with Crippen LogP contribution in [0.25, 0.3) is 22.3 Å². The van der Waals surface area contributed by atoms with Gasteiger partial charge in [0.25, 0.3) is 0 Å². The summed E-state index contributed by atoms with van der Waals surface area (Å²) in [6.07, 6.45) is 0. The van der Waals surface area contributed by atoms with Gasteiger partial charge in [-0.3, -0.25) is 0 Å². The number of carbonyl (C=O) groups is 2. The van der Waals surface area contributed by atoms with Gasteiger partial charge in [0.2, 0.25) is 0 Å². The molecule has 37 heavy (non-hydrogen) atoms. The lowest BCUT2D eigenvalue weighted by Gasteiger charge is -2.14. The number of benzene rings is 5. The van der Waals surface area contributed by atoms with Crippen molar-refractivity contribution in [1.29, 1.82) is 0 Å². The largest absolute Gasteiger partial charge is 0.504 e. The van der Waals surface area contributed by atoms with Gasteiger partial charge < -0.3 is 14.6 Å². The zero-order valence-electron chi connectivity index (χ0n) is 19.7. The van der Waals surface area contributed by atoms with Gasteiger partial charge in [-0.1, -0.05) is 91.0 Å². The number of hydrogen-bond donors (Lipinski definition) is 1.